The molecular formula is C20H29NO6. The van der Waals surface area contributed by atoms with Crippen LogP contribution in [0.1, 0.15) is 58.3 Å². The standard InChI is InChI=1S/C20H29NO6/c1-15(14-20(25)26)11-12-18(22)21-16-8-5-6-9-17(16)27-13-7-3-2-4-10-19(23)24/h5-6,8-9,15H,2-4,7,10-14H2,1H3,(H,21,22)(H,23,24)(H,25,26). The minimum Gasteiger partial charge on any atom is -0.491 e. The van der Waals surface area contributed by atoms with Crippen LogP contribution >= 0.6 is 0 Å². The largest absolute Gasteiger partial charge is 0.491 e. The first-order chi connectivity index (χ1) is 12.9. The Labute approximate surface area is 159 Å². The summed E-state index contributed by atoms with van der Waals surface area (Å²) in [6, 6.07) is 7.18. The molecule has 7 heteroatoms. The second-order valence-electron chi connectivity index (χ2n) is 6.69. The predicted molar refractivity (Wildman–Crippen MR) is 102 cm³/mol. The average molecular weight is 379 g/mol. The minimum atomic E-state index is -0.857. The van der Waals surface area contributed by atoms with Gasteiger partial charge in [-0.15, -0.1) is 0 Å². The van der Waals surface area contributed by atoms with Gasteiger partial charge >= 0.3 is 11.9 Å². The lowest BCUT2D eigenvalue weighted by Gasteiger charge is -2.13. The number of carboxylic acid groups (broad SMARTS) is 2. The Balaban J connectivity index is 2.35. The van der Waals surface area contributed by atoms with Gasteiger partial charge in [-0.1, -0.05) is 31.9 Å². The molecule has 7 nitrogen and oxygen atoms in total. The Bertz CT molecular complexity index is 616. The van der Waals surface area contributed by atoms with Gasteiger partial charge in [-0.3, -0.25) is 14.4 Å². The molecule has 1 unspecified atom stereocenters. The summed E-state index contributed by atoms with van der Waals surface area (Å²) in [5.41, 5.74) is 0.597. The number of carboxylic acids is 2. The third kappa shape index (κ3) is 10.9. The van der Waals surface area contributed by atoms with Gasteiger partial charge in [0.05, 0.1) is 12.3 Å². The van der Waals surface area contributed by atoms with Crippen LogP contribution in [-0.2, 0) is 14.4 Å². The Morgan fingerprint density at radius 2 is 1.70 bits per heavy atom. The summed E-state index contributed by atoms with van der Waals surface area (Å²) in [5, 5.41) is 20.2. The maximum absolute atomic E-state index is 12.1. The molecule has 0 spiro atoms. The number of carbonyl (C=O) groups is 3. The summed E-state index contributed by atoms with van der Waals surface area (Å²) < 4.78 is 5.74. The molecular weight excluding hydrogens is 350 g/mol. The molecule has 1 aromatic carbocycles. The van der Waals surface area contributed by atoms with Crippen LogP contribution in [0, 0.1) is 5.92 Å². The Kier molecular flexibility index (Phi) is 10.6. The number of amides is 1. The number of aliphatic carboxylic acids is 2. The number of hydrogen-bond acceptors (Lipinski definition) is 4. The van der Waals surface area contributed by atoms with E-state index in [9.17, 15) is 14.4 Å². The van der Waals surface area contributed by atoms with Gasteiger partial charge in [-0.05, 0) is 37.3 Å². The number of benzene rings is 1. The molecule has 0 saturated heterocycles. The normalized spacial score (nSPS) is 11.6. The fraction of sp³-hybridized carbons (Fsp3) is 0.550. The number of para-hydroxylation sites is 2. The molecule has 0 fully saturated rings. The maximum Gasteiger partial charge on any atom is 0.303 e. The van der Waals surface area contributed by atoms with Crippen molar-refractivity contribution in [2.45, 2.75) is 58.3 Å². The zero-order valence-corrected chi connectivity index (χ0v) is 15.8. The highest BCUT2D eigenvalue weighted by Gasteiger charge is 2.12. The van der Waals surface area contributed by atoms with Crippen LogP contribution < -0.4 is 10.1 Å². The number of carbonyl (C=O) groups excluding carboxylic acids is 1. The maximum atomic E-state index is 12.1. The van der Waals surface area contributed by atoms with E-state index in [1.54, 1.807) is 18.2 Å². The number of unbranched alkanes of at least 4 members (excludes halogenated alkanes) is 3. The van der Waals surface area contributed by atoms with Crippen LogP contribution in [0.4, 0.5) is 5.69 Å². The van der Waals surface area contributed by atoms with Crippen molar-refractivity contribution >= 4 is 23.5 Å². The van der Waals surface area contributed by atoms with Crippen molar-refractivity contribution in [3.05, 3.63) is 24.3 Å². The lowest BCUT2D eigenvalue weighted by Crippen LogP contribution is -2.14. The van der Waals surface area contributed by atoms with E-state index in [1.165, 1.54) is 0 Å². The molecule has 1 aromatic rings. The third-order valence-corrected chi connectivity index (χ3v) is 4.09. The Morgan fingerprint density at radius 3 is 2.41 bits per heavy atom. The molecule has 0 heterocycles. The van der Waals surface area contributed by atoms with Crippen LogP contribution in [0.15, 0.2) is 24.3 Å². The highest BCUT2D eigenvalue weighted by Crippen LogP contribution is 2.24. The lowest BCUT2D eigenvalue weighted by atomic mass is 10.0. The summed E-state index contributed by atoms with van der Waals surface area (Å²) >= 11 is 0. The lowest BCUT2D eigenvalue weighted by molar-refractivity contribution is -0.138. The Morgan fingerprint density at radius 1 is 1.00 bits per heavy atom. The van der Waals surface area contributed by atoms with E-state index in [1.807, 2.05) is 13.0 Å². The van der Waals surface area contributed by atoms with Gasteiger partial charge in [0.1, 0.15) is 5.75 Å². The quantitative estimate of drug-likeness (QED) is 0.422. The monoisotopic (exact) mass is 379 g/mol. The summed E-state index contributed by atoms with van der Waals surface area (Å²) in [6.07, 6.45) is 4.24. The van der Waals surface area contributed by atoms with Crippen molar-refractivity contribution in [2.75, 3.05) is 11.9 Å². The molecule has 0 radical (unpaired) electrons. The average Bonchev–Trinajstić information content (AvgIpc) is 2.59. The zero-order chi connectivity index (χ0) is 20.1. The molecule has 0 aromatic heterocycles. The second-order valence-corrected chi connectivity index (χ2v) is 6.69. The first kappa shape index (κ1) is 22.5. The third-order valence-electron chi connectivity index (χ3n) is 4.09. The van der Waals surface area contributed by atoms with Crippen molar-refractivity contribution in [3.8, 4) is 5.75 Å². The molecule has 0 bridgehead atoms. The van der Waals surface area contributed by atoms with Gasteiger partial charge < -0.3 is 20.3 Å². The highest BCUT2D eigenvalue weighted by molar-refractivity contribution is 5.92. The molecule has 3 N–H and O–H groups in total. The van der Waals surface area contributed by atoms with Crippen LogP contribution in [0.25, 0.3) is 0 Å². The van der Waals surface area contributed by atoms with Gasteiger partial charge in [-0.2, -0.15) is 0 Å². The molecule has 150 valence electrons. The molecule has 0 aliphatic rings. The van der Waals surface area contributed by atoms with E-state index in [-0.39, 0.29) is 31.1 Å². The van der Waals surface area contributed by atoms with Crippen molar-refractivity contribution < 1.29 is 29.3 Å². The molecule has 1 amide bonds. The van der Waals surface area contributed by atoms with E-state index in [0.717, 1.165) is 19.3 Å². The summed E-state index contributed by atoms with van der Waals surface area (Å²) in [5.74, 6) is -1.26. The molecule has 1 rings (SSSR count). The smallest absolute Gasteiger partial charge is 0.303 e. The minimum absolute atomic E-state index is 0.0547. The van der Waals surface area contributed by atoms with Crippen LogP contribution in [0.5, 0.6) is 5.75 Å². The van der Waals surface area contributed by atoms with Crippen molar-refractivity contribution in [2.24, 2.45) is 5.92 Å². The van der Waals surface area contributed by atoms with Crippen LogP contribution in [-0.4, -0.2) is 34.7 Å². The number of nitrogens with one attached hydrogen (secondary N) is 1. The zero-order valence-electron chi connectivity index (χ0n) is 15.8. The van der Waals surface area contributed by atoms with E-state index in [0.29, 0.717) is 30.9 Å². The molecule has 0 aliphatic carbocycles. The predicted octanol–water partition coefficient (Wildman–Crippen LogP) is 3.93. The fourth-order valence-corrected chi connectivity index (χ4v) is 2.60. The van der Waals surface area contributed by atoms with E-state index < -0.39 is 11.9 Å². The van der Waals surface area contributed by atoms with Gasteiger partial charge in [0.25, 0.3) is 0 Å². The number of anilines is 1. The summed E-state index contributed by atoms with van der Waals surface area (Å²) in [6.45, 7) is 2.31. The van der Waals surface area contributed by atoms with E-state index >= 15 is 0 Å². The topological polar surface area (TPSA) is 113 Å². The summed E-state index contributed by atoms with van der Waals surface area (Å²) in [7, 11) is 0. The summed E-state index contributed by atoms with van der Waals surface area (Å²) in [4.78, 5) is 33.2. The number of rotatable bonds is 14. The SMILES string of the molecule is CC(CCC(=O)Nc1ccccc1OCCCCCCC(=O)O)CC(=O)O. The van der Waals surface area contributed by atoms with Gasteiger partial charge in [0, 0.05) is 19.3 Å². The Hall–Kier alpha value is -2.57. The van der Waals surface area contributed by atoms with Gasteiger partial charge in [-0.25, -0.2) is 0 Å². The van der Waals surface area contributed by atoms with Crippen molar-refractivity contribution in [1.82, 2.24) is 0 Å². The van der Waals surface area contributed by atoms with E-state index in [2.05, 4.69) is 5.32 Å². The molecule has 1 atom stereocenters. The highest BCUT2D eigenvalue weighted by atomic mass is 16.5. The van der Waals surface area contributed by atoms with Gasteiger partial charge in [0.2, 0.25) is 5.91 Å². The fourth-order valence-electron chi connectivity index (χ4n) is 2.60. The first-order valence-electron chi connectivity index (χ1n) is 9.33. The number of hydrogen-bond donors (Lipinski definition) is 3. The molecule has 27 heavy (non-hydrogen) atoms. The second kappa shape index (κ2) is 12.7. The van der Waals surface area contributed by atoms with Crippen LogP contribution in [0.2, 0.25) is 0 Å². The van der Waals surface area contributed by atoms with Crippen molar-refractivity contribution in [3.63, 3.8) is 0 Å². The van der Waals surface area contributed by atoms with Crippen molar-refractivity contribution in [1.29, 1.82) is 0 Å². The van der Waals surface area contributed by atoms with Crippen LogP contribution in [0.3, 0.4) is 0 Å². The first-order valence-corrected chi connectivity index (χ1v) is 9.33. The molecule has 0 saturated carbocycles. The van der Waals surface area contributed by atoms with Gasteiger partial charge in [0.15, 0.2) is 0 Å². The molecule has 0 aliphatic heterocycles. The van der Waals surface area contributed by atoms with E-state index in [4.69, 9.17) is 14.9 Å². The number of ether oxygens (including phenoxy) is 1.